The van der Waals surface area contributed by atoms with Crippen LogP contribution in [0.1, 0.15) is 74.5 Å². The third-order valence-electron chi connectivity index (χ3n) is 8.81. The van der Waals surface area contributed by atoms with Gasteiger partial charge in [-0.05, 0) is 70.3 Å². The first-order valence-electron chi connectivity index (χ1n) is 13.7. The van der Waals surface area contributed by atoms with Crippen LogP contribution in [0.5, 0.6) is 11.5 Å². The molecule has 0 N–H and O–H groups in total. The minimum atomic E-state index is 0.355. The fourth-order valence-electron chi connectivity index (χ4n) is 7.14. The van der Waals surface area contributed by atoms with E-state index in [1.54, 1.807) is 0 Å². The lowest BCUT2D eigenvalue weighted by molar-refractivity contribution is -0.659. The molecule has 2 heteroatoms. The van der Waals surface area contributed by atoms with E-state index in [0.29, 0.717) is 11.8 Å². The van der Waals surface area contributed by atoms with Gasteiger partial charge in [-0.25, -0.2) is 4.57 Å². The molecule has 2 heterocycles. The number of rotatable bonds is 2. The van der Waals surface area contributed by atoms with Gasteiger partial charge in [-0.1, -0.05) is 75.6 Å². The molecule has 0 spiro atoms. The molecule has 0 unspecified atom stereocenters. The molecule has 1 aliphatic carbocycles. The minimum Gasteiger partial charge on any atom is -0.455 e. The summed E-state index contributed by atoms with van der Waals surface area (Å²) in [7, 11) is 2.18. The first kappa shape index (κ1) is 21.9. The molecular weight excluding hydrogens is 438 g/mol. The number of nitrogens with zero attached hydrogens (tertiary/aromatic N) is 1. The van der Waals surface area contributed by atoms with Crippen molar-refractivity contribution in [2.75, 3.05) is 0 Å². The predicted octanol–water partition coefficient (Wildman–Crippen LogP) is 9.22. The fraction of sp³-hybridized carbons (Fsp3) is 0.324. The van der Waals surface area contributed by atoms with Gasteiger partial charge in [0.05, 0.1) is 10.9 Å². The van der Waals surface area contributed by atoms with Crippen molar-refractivity contribution in [1.29, 1.82) is 0 Å². The van der Waals surface area contributed by atoms with Gasteiger partial charge < -0.3 is 4.74 Å². The van der Waals surface area contributed by atoms with Crippen molar-refractivity contribution >= 4 is 32.3 Å². The Balaban J connectivity index is 1.61. The van der Waals surface area contributed by atoms with Crippen molar-refractivity contribution in [2.24, 2.45) is 7.05 Å². The molecule has 0 amide bonds. The molecule has 1 saturated carbocycles. The highest BCUT2D eigenvalue weighted by molar-refractivity contribution is 6.17. The lowest BCUT2D eigenvalue weighted by atomic mass is 9.81. The summed E-state index contributed by atoms with van der Waals surface area (Å²) in [6.07, 6.45) is 8.90. The van der Waals surface area contributed by atoms with E-state index < -0.39 is 0 Å². The summed E-state index contributed by atoms with van der Waals surface area (Å²) < 4.78 is 9.32. The van der Waals surface area contributed by atoms with E-state index in [1.807, 2.05) is 0 Å². The fourth-order valence-corrected chi connectivity index (χ4v) is 7.14. The Morgan fingerprint density at radius 2 is 1.58 bits per heavy atom. The second-order valence-electron chi connectivity index (χ2n) is 11.3. The molecule has 4 aromatic carbocycles. The van der Waals surface area contributed by atoms with Crippen LogP contribution in [0, 0.1) is 6.92 Å². The molecule has 0 saturated heterocycles. The average Bonchev–Trinajstić information content (AvgIpc) is 2.90. The highest BCUT2D eigenvalue weighted by Crippen LogP contribution is 2.53. The molecule has 0 radical (unpaired) electrons. The minimum absolute atomic E-state index is 0.355. The van der Waals surface area contributed by atoms with Crippen LogP contribution in [0.3, 0.4) is 0 Å². The van der Waals surface area contributed by atoms with E-state index >= 15 is 0 Å². The van der Waals surface area contributed by atoms with E-state index in [-0.39, 0.29) is 0 Å². The zero-order chi connectivity index (χ0) is 24.6. The quantitative estimate of drug-likeness (QED) is 0.181. The number of pyridine rings is 1. The van der Waals surface area contributed by atoms with Crippen LogP contribution in [0.15, 0.2) is 60.8 Å². The second kappa shape index (κ2) is 8.06. The number of aromatic nitrogens is 1. The first-order valence-corrected chi connectivity index (χ1v) is 13.7. The monoisotopic (exact) mass is 472 g/mol. The van der Waals surface area contributed by atoms with Crippen molar-refractivity contribution in [2.45, 2.75) is 64.7 Å². The molecule has 5 aromatic rings. The zero-order valence-electron chi connectivity index (χ0n) is 21.8. The van der Waals surface area contributed by atoms with E-state index in [1.165, 1.54) is 92.4 Å². The summed E-state index contributed by atoms with van der Waals surface area (Å²) in [5, 5.41) is 7.91. The number of ether oxygens (including phenoxy) is 1. The number of hydrogen-bond acceptors (Lipinski definition) is 1. The lowest BCUT2D eigenvalue weighted by Gasteiger charge is -2.28. The first-order chi connectivity index (χ1) is 17.5. The van der Waals surface area contributed by atoms with Crippen LogP contribution in [0.4, 0.5) is 0 Å². The van der Waals surface area contributed by atoms with Gasteiger partial charge in [-0.2, -0.15) is 0 Å². The molecule has 2 nitrogen and oxygen atoms in total. The third-order valence-corrected chi connectivity index (χ3v) is 8.81. The van der Waals surface area contributed by atoms with Gasteiger partial charge in [0, 0.05) is 17.0 Å². The summed E-state index contributed by atoms with van der Waals surface area (Å²) in [5.41, 5.74) is 6.65. The molecule has 1 fully saturated rings. The molecule has 2 aliphatic rings. The molecular formula is C34H34NO+. The number of aryl methyl sites for hydroxylation is 2. The third kappa shape index (κ3) is 3.00. The number of benzene rings is 4. The Hall–Kier alpha value is -3.39. The maximum Gasteiger partial charge on any atom is 0.228 e. The molecule has 7 rings (SSSR count). The highest BCUT2D eigenvalue weighted by Gasteiger charge is 2.34. The standard InChI is InChI=1S/C34H34NO/c1-20(2)30-26-14-9-8-13-23(26)21(3)31-33-32-27(17-18-35(33)4)25-16-10-15-24(22-11-6-5-7-12-22)28(25)19-29(32)36-34(30)31/h8-10,13-20,22H,5-7,11-12H2,1-4H3/q+1. The van der Waals surface area contributed by atoms with Crippen molar-refractivity contribution in [3.8, 4) is 22.8 Å². The van der Waals surface area contributed by atoms with Gasteiger partial charge in [-0.15, -0.1) is 0 Å². The lowest BCUT2D eigenvalue weighted by Crippen LogP contribution is -2.32. The summed E-state index contributed by atoms with van der Waals surface area (Å²) in [4.78, 5) is 0. The van der Waals surface area contributed by atoms with E-state index in [0.717, 1.165) is 11.5 Å². The molecule has 1 aromatic heterocycles. The van der Waals surface area contributed by atoms with Gasteiger partial charge in [0.2, 0.25) is 5.69 Å². The summed E-state index contributed by atoms with van der Waals surface area (Å²) in [6, 6.07) is 20.5. The van der Waals surface area contributed by atoms with E-state index in [4.69, 9.17) is 4.74 Å². The Labute approximate surface area is 213 Å². The van der Waals surface area contributed by atoms with Gasteiger partial charge in [0.1, 0.15) is 18.5 Å². The van der Waals surface area contributed by atoms with Crippen LogP contribution in [-0.4, -0.2) is 0 Å². The smallest absolute Gasteiger partial charge is 0.228 e. The molecule has 180 valence electrons. The summed E-state index contributed by atoms with van der Waals surface area (Å²) in [6.45, 7) is 6.84. The van der Waals surface area contributed by atoms with Crippen molar-refractivity contribution in [1.82, 2.24) is 0 Å². The number of fused-ring (bicyclic) bond motifs is 5. The molecule has 0 bridgehead atoms. The maximum atomic E-state index is 7.02. The predicted molar refractivity (Wildman–Crippen MR) is 150 cm³/mol. The average molecular weight is 473 g/mol. The van der Waals surface area contributed by atoms with Crippen molar-refractivity contribution < 1.29 is 9.30 Å². The Morgan fingerprint density at radius 3 is 2.36 bits per heavy atom. The van der Waals surface area contributed by atoms with Crippen molar-refractivity contribution in [3.63, 3.8) is 0 Å². The molecule has 0 atom stereocenters. The normalized spacial score (nSPS) is 15.6. The van der Waals surface area contributed by atoms with Crippen LogP contribution in [-0.2, 0) is 7.05 Å². The number of hydrogen-bond donors (Lipinski definition) is 0. The highest BCUT2D eigenvalue weighted by atomic mass is 16.5. The van der Waals surface area contributed by atoms with Gasteiger partial charge in [0.25, 0.3) is 0 Å². The van der Waals surface area contributed by atoms with Crippen LogP contribution in [0.2, 0.25) is 0 Å². The maximum absolute atomic E-state index is 7.02. The van der Waals surface area contributed by atoms with Crippen molar-refractivity contribution in [3.05, 3.63) is 77.5 Å². The van der Waals surface area contributed by atoms with E-state index in [9.17, 15) is 0 Å². The van der Waals surface area contributed by atoms with Gasteiger partial charge in [0.15, 0.2) is 6.20 Å². The zero-order valence-corrected chi connectivity index (χ0v) is 21.8. The van der Waals surface area contributed by atoms with Gasteiger partial charge in [-0.3, -0.25) is 0 Å². The molecule has 36 heavy (non-hydrogen) atoms. The van der Waals surface area contributed by atoms with Crippen LogP contribution >= 0.6 is 0 Å². The van der Waals surface area contributed by atoms with E-state index in [2.05, 4.69) is 93.2 Å². The Kier molecular flexibility index (Phi) is 4.90. The SMILES string of the molecule is Cc1c2c(c(C(C)C)c3ccccc13)Oc1cc3c(C4CCCCC4)cccc3c3cc[n+](C)c-2c13. The topological polar surface area (TPSA) is 13.1 Å². The second-order valence-corrected chi connectivity index (χ2v) is 11.3. The molecule has 1 aliphatic heterocycles. The van der Waals surface area contributed by atoms with Gasteiger partial charge >= 0.3 is 0 Å². The summed E-state index contributed by atoms with van der Waals surface area (Å²) >= 11 is 0. The largest absolute Gasteiger partial charge is 0.455 e. The van der Waals surface area contributed by atoms with Crippen LogP contribution < -0.4 is 9.30 Å². The van der Waals surface area contributed by atoms with Crippen LogP contribution in [0.25, 0.3) is 43.6 Å². The summed E-state index contributed by atoms with van der Waals surface area (Å²) in [5.74, 6) is 3.07. The Morgan fingerprint density at radius 1 is 0.833 bits per heavy atom. The Bertz CT molecular complexity index is 1690.